The number of non-ortho nitro benzene ring substituents is 1. The summed E-state index contributed by atoms with van der Waals surface area (Å²) < 4.78 is 1.41. The largest absolute Gasteiger partial charge is 0.311 e. The minimum Gasteiger partial charge on any atom is -0.311 e. The average Bonchev–Trinajstić information content (AvgIpc) is 2.69. The Kier molecular flexibility index (Phi) is 5.12. The molecule has 0 aliphatic heterocycles. The number of rotatable bonds is 5. The monoisotopic (exact) mass is 363 g/mol. The van der Waals surface area contributed by atoms with E-state index in [0.29, 0.717) is 5.56 Å². The SMILES string of the molecule is CN(C(=O)c1ccc(=O)n(Cc2ccc([N+](=O)[O-])cc2)c1)c1ccccc1. The van der Waals surface area contributed by atoms with Gasteiger partial charge in [0.2, 0.25) is 0 Å². The van der Waals surface area contributed by atoms with E-state index in [9.17, 15) is 19.7 Å². The first kappa shape index (κ1) is 18.1. The van der Waals surface area contributed by atoms with Crippen molar-refractivity contribution >= 4 is 17.3 Å². The first-order valence-corrected chi connectivity index (χ1v) is 8.22. The number of amides is 1. The van der Waals surface area contributed by atoms with Crippen molar-refractivity contribution in [2.24, 2.45) is 0 Å². The van der Waals surface area contributed by atoms with Crippen molar-refractivity contribution in [2.75, 3.05) is 11.9 Å². The fourth-order valence-electron chi connectivity index (χ4n) is 2.66. The van der Waals surface area contributed by atoms with Crippen LogP contribution in [0.25, 0.3) is 0 Å². The Labute approximate surface area is 155 Å². The van der Waals surface area contributed by atoms with Gasteiger partial charge in [-0.05, 0) is 23.8 Å². The van der Waals surface area contributed by atoms with Crippen molar-refractivity contribution in [3.05, 3.63) is 105 Å². The Morgan fingerprint density at radius 2 is 1.70 bits per heavy atom. The number of hydrogen-bond acceptors (Lipinski definition) is 4. The number of benzene rings is 2. The van der Waals surface area contributed by atoms with Crippen LogP contribution in [0, 0.1) is 10.1 Å². The lowest BCUT2D eigenvalue weighted by Crippen LogP contribution is -2.28. The Morgan fingerprint density at radius 1 is 1.04 bits per heavy atom. The molecule has 7 nitrogen and oxygen atoms in total. The molecular weight excluding hydrogens is 346 g/mol. The van der Waals surface area contributed by atoms with Crippen LogP contribution < -0.4 is 10.5 Å². The van der Waals surface area contributed by atoms with Gasteiger partial charge in [0.05, 0.1) is 17.0 Å². The van der Waals surface area contributed by atoms with E-state index in [4.69, 9.17) is 0 Å². The Balaban J connectivity index is 1.84. The minimum absolute atomic E-state index is 0.0143. The topological polar surface area (TPSA) is 85.5 Å². The van der Waals surface area contributed by atoms with Crippen LogP contribution >= 0.6 is 0 Å². The predicted octanol–water partition coefficient (Wildman–Crippen LogP) is 3.08. The molecule has 0 aliphatic carbocycles. The van der Waals surface area contributed by atoms with Crippen molar-refractivity contribution in [3.63, 3.8) is 0 Å². The van der Waals surface area contributed by atoms with Crippen LogP contribution in [0.4, 0.5) is 11.4 Å². The van der Waals surface area contributed by atoms with Crippen molar-refractivity contribution in [1.82, 2.24) is 4.57 Å². The van der Waals surface area contributed by atoms with Gasteiger partial charge in [-0.15, -0.1) is 0 Å². The first-order chi connectivity index (χ1) is 13.0. The van der Waals surface area contributed by atoms with Crippen molar-refractivity contribution < 1.29 is 9.72 Å². The summed E-state index contributed by atoms with van der Waals surface area (Å²) in [5.74, 6) is -0.237. The van der Waals surface area contributed by atoms with Gasteiger partial charge in [-0.3, -0.25) is 19.7 Å². The number of para-hydroxylation sites is 1. The lowest BCUT2D eigenvalue weighted by atomic mass is 10.2. The maximum atomic E-state index is 12.7. The van der Waals surface area contributed by atoms with Crippen LogP contribution in [0.3, 0.4) is 0 Å². The zero-order chi connectivity index (χ0) is 19.4. The molecule has 7 heteroatoms. The molecule has 0 N–H and O–H groups in total. The maximum Gasteiger partial charge on any atom is 0.269 e. The molecule has 0 saturated heterocycles. The second-order valence-electron chi connectivity index (χ2n) is 6.01. The predicted molar refractivity (Wildman–Crippen MR) is 102 cm³/mol. The minimum atomic E-state index is -0.478. The van der Waals surface area contributed by atoms with E-state index in [-0.39, 0.29) is 23.7 Å². The van der Waals surface area contributed by atoms with E-state index < -0.39 is 4.92 Å². The van der Waals surface area contributed by atoms with E-state index in [1.54, 1.807) is 19.2 Å². The van der Waals surface area contributed by atoms with E-state index in [1.807, 2.05) is 30.3 Å². The lowest BCUT2D eigenvalue weighted by Gasteiger charge is -2.18. The number of carbonyl (C=O) groups excluding carboxylic acids is 1. The normalized spacial score (nSPS) is 10.4. The third-order valence-corrected chi connectivity index (χ3v) is 4.18. The number of aromatic nitrogens is 1. The molecule has 0 aliphatic rings. The van der Waals surface area contributed by atoms with E-state index in [1.165, 1.54) is 39.9 Å². The van der Waals surface area contributed by atoms with Crippen LogP contribution in [-0.4, -0.2) is 22.4 Å². The van der Waals surface area contributed by atoms with Gasteiger partial charge in [0, 0.05) is 37.1 Å². The first-order valence-electron chi connectivity index (χ1n) is 8.22. The number of carbonyl (C=O) groups is 1. The second-order valence-corrected chi connectivity index (χ2v) is 6.01. The number of nitrogens with zero attached hydrogens (tertiary/aromatic N) is 3. The molecule has 1 amide bonds. The zero-order valence-electron chi connectivity index (χ0n) is 14.6. The Morgan fingerprint density at radius 3 is 2.33 bits per heavy atom. The molecule has 27 heavy (non-hydrogen) atoms. The van der Waals surface area contributed by atoms with Gasteiger partial charge in [0.25, 0.3) is 17.2 Å². The molecule has 1 heterocycles. The summed E-state index contributed by atoms with van der Waals surface area (Å²) in [6.45, 7) is 0.215. The molecule has 1 aromatic heterocycles. The summed E-state index contributed by atoms with van der Waals surface area (Å²) in [5.41, 5.74) is 1.58. The highest BCUT2D eigenvalue weighted by molar-refractivity contribution is 6.05. The van der Waals surface area contributed by atoms with Crippen LogP contribution in [0.2, 0.25) is 0 Å². The molecule has 0 bridgehead atoms. The smallest absolute Gasteiger partial charge is 0.269 e. The molecule has 2 aromatic carbocycles. The number of nitro groups is 1. The highest BCUT2D eigenvalue weighted by atomic mass is 16.6. The fourth-order valence-corrected chi connectivity index (χ4v) is 2.66. The summed E-state index contributed by atoms with van der Waals surface area (Å²) in [5, 5.41) is 10.7. The lowest BCUT2D eigenvalue weighted by molar-refractivity contribution is -0.384. The van der Waals surface area contributed by atoms with Crippen LogP contribution in [-0.2, 0) is 6.54 Å². The van der Waals surface area contributed by atoms with E-state index in [2.05, 4.69) is 0 Å². The van der Waals surface area contributed by atoms with Gasteiger partial charge in [0.1, 0.15) is 0 Å². The number of hydrogen-bond donors (Lipinski definition) is 0. The summed E-state index contributed by atoms with van der Waals surface area (Å²) in [6.07, 6.45) is 1.51. The molecular formula is C20H17N3O4. The number of pyridine rings is 1. The molecule has 0 radical (unpaired) electrons. The van der Waals surface area contributed by atoms with Gasteiger partial charge in [0.15, 0.2) is 0 Å². The van der Waals surface area contributed by atoms with Gasteiger partial charge in [-0.25, -0.2) is 0 Å². The van der Waals surface area contributed by atoms with Crippen LogP contribution in [0.1, 0.15) is 15.9 Å². The second kappa shape index (κ2) is 7.65. The quantitative estimate of drug-likeness (QED) is 0.515. The molecule has 0 atom stereocenters. The van der Waals surface area contributed by atoms with E-state index >= 15 is 0 Å². The average molecular weight is 363 g/mol. The number of anilines is 1. The summed E-state index contributed by atoms with van der Waals surface area (Å²) in [6, 6.07) is 18.0. The van der Waals surface area contributed by atoms with E-state index in [0.717, 1.165) is 11.3 Å². The molecule has 0 spiro atoms. The van der Waals surface area contributed by atoms with Gasteiger partial charge in [-0.2, -0.15) is 0 Å². The van der Waals surface area contributed by atoms with Crippen molar-refractivity contribution in [3.8, 4) is 0 Å². The fraction of sp³-hybridized carbons (Fsp3) is 0.100. The van der Waals surface area contributed by atoms with Crippen LogP contribution in [0.5, 0.6) is 0 Å². The Hall–Kier alpha value is -3.74. The molecule has 136 valence electrons. The highest BCUT2D eigenvalue weighted by Crippen LogP contribution is 2.15. The standard InChI is InChI=1S/C20H17N3O4/c1-21(17-5-3-2-4-6-17)20(25)16-9-12-19(24)22(14-16)13-15-7-10-18(11-8-15)23(26)27/h2-12,14H,13H2,1H3. The summed E-state index contributed by atoms with van der Waals surface area (Å²) >= 11 is 0. The summed E-state index contributed by atoms with van der Waals surface area (Å²) in [7, 11) is 1.67. The highest BCUT2D eigenvalue weighted by Gasteiger charge is 2.14. The van der Waals surface area contributed by atoms with Gasteiger partial charge in [-0.1, -0.05) is 30.3 Å². The van der Waals surface area contributed by atoms with Crippen LogP contribution in [0.15, 0.2) is 77.7 Å². The van der Waals surface area contributed by atoms with Crippen molar-refractivity contribution in [2.45, 2.75) is 6.54 Å². The Bertz CT molecular complexity index is 1030. The summed E-state index contributed by atoms with van der Waals surface area (Å²) in [4.78, 5) is 36.6. The third kappa shape index (κ3) is 4.09. The number of nitro benzene ring substituents is 1. The van der Waals surface area contributed by atoms with Crippen molar-refractivity contribution in [1.29, 1.82) is 0 Å². The molecule has 3 rings (SSSR count). The molecule has 0 fully saturated rings. The third-order valence-electron chi connectivity index (χ3n) is 4.18. The zero-order valence-corrected chi connectivity index (χ0v) is 14.6. The molecule has 0 unspecified atom stereocenters. The maximum absolute atomic E-state index is 12.7. The molecule has 3 aromatic rings. The van der Waals surface area contributed by atoms with Gasteiger partial charge < -0.3 is 9.47 Å². The molecule has 0 saturated carbocycles. The van der Waals surface area contributed by atoms with Gasteiger partial charge >= 0.3 is 0 Å².